The van der Waals surface area contributed by atoms with Crippen LogP contribution in [0.4, 0.5) is 0 Å². The Balaban J connectivity index is 0.000000845. The van der Waals surface area contributed by atoms with E-state index >= 15 is 0 Å². The smallest absolute Gasteiger partial charge is 0.157 e. The SMILES string of the molecule is Cl.Cl.c1n[nH]cc1OC1CCNCC1. The molecule has 0 bridgehead atoms. The van der Waals surface area contributed by atoms with Crippen molar-refractivity contribution in [3.8, 4) is 5.75 Å². The number of hydrogen-bond donors (Lipinski definition) is 2. The van der Waals surface area contributed by atoms with Gasteiger partial charge in [-0.15, -0.1) is 24.8 Å². The van der Waals surface area contributed by atoms with Gasteiger partial charge in [0.1, 0.15) is 6.10 Å². The molecule has 1 aromatic rings. The van der Waals surface area contributed by atoms with E-state index in [1.54, 1.807) is 12.4 Å². The maximum absolute atomic E-state index is 5.66. The molecule has 0 saturated carbocycles. The molecule has 82 valence electrons. The average molecular weight is 240 g/mol. The van der Waals surface area contributed by atoms with Crippen molar-refractivity contribution in [1.29, 1.82) is 0 Å². The third-order valence-electron chi connectivity index (χ3n) is 2.06. The summed E-state index contributed by atoms with van der Waals surface area (Å²) >= 11 is 0. The van der Waals surface area contributed by atoms with Crippen molar-refractivity contribution >= 4 is 24.8 Å². The van der Waals surface area contributed by atoms with Crippen LogP contribution >= 0.6 is 24.8 Å². The van der Waals surface area contributed by atoms with Gasteiger partial charge >= 0.3 is 0 Å². The first kappa shape index (κ1) is 13.5. The van der Waals surface area contributed by atoms with Crippen molar-refractivity contribution in [1.82, 2.24) is 15.5 Å². The Morgan fingerprint density at radius 1 is 1.29 bits per heavy atom. The summed E-state index contributed by atoms with van der Waals surface area (Å²) < 4.78 is 5.66. The number of aromatic nitrogens is 2. The first-order valence-electron chi connectivity index (χ1n) is 4.31. The third kappa shape index (κ3) is 3.74. The number of hydrogen-bond acceptors (Lipinski definition) is 3. The van der Waals surface area contributed by atoms with Crippen molar-refractivity contribution in [2.75, 3.05) is 13.1 Å². The Kier molecular flexibility index (Phi) is 6.70. The summed E-state index contributed by atoms with van der Waals surface area (Å²) in [4.78, 5) is 0. The van der Waals surface area contributed by atoms with Gasteiger partial charge in [0, 0.05) is 0 Å². The van der Waals surface area contributed by atoms with E-state index < -0.39 is 0 Å². The quantitative estimate of drug-likeness (QED) is 0.821. The number of rotatable bonds is 2. The lowest BCUT2D eigenvalue weighted by atomic mass is 10.1. The van der Waals surface area contributed by atoms with E-state index in [0.29, 0.717) is 6.10 Å². The topological polar surface area (TPSA) is 49.9 Å². The van der Waals surface area contributed by atoms with Crippen LogP contribution in [0.15, 0.2) is 12.4 Å². The molecule has 0 amide bonds. The molecule has 2 N–H and O–H groups in total. The Labute approximate surface area is 95.6 Å². The van der Waals surface area contributed by atoms with Gasteiger partial charge in [-0.1, -0.05) is 0 Å². The maximum atomic E-state index is 5.66. The van der Waals surface area contributed by atoms with Crippen LogP contribution in [0.25, 0.3) is 0 Å². The highest BCUT2D eigenvalue weighted by atomic mass is 35.5. The summed E-state index contributed by atoms with van der Waals surface area (Å²) in [6, 6.07) is 0. The molecule has 0 aliphatic carbocycles. The number of H-pyrrole nitrogens is 1. The van der Waals surface area contributed by atoms with Gasteiger partial charge in [-0.3, -0.25) is 5.10 Å². The van der Waals surface area contributed by atoms with Crippen molar-refractivity contribution < 1.29 is 4.74 Å². The zero-order valence-electron chi connectivity index (χ0n) is 7.73. The molecule has 1 aromatic heterocycles. The van der Waals surface area contributed by atoms with Gasteiger partial charge < -0.3 is 10.1 Å². The number of nitrogens with zero attached hydrogens (tertiary/aromatic N) is 1. The predicted octanol–water partition coefficient (Wildman–Crippen LogP) is 1.38. The van der Waals surface area contributed by atoms with Crippen LogP contribution in [-0.4, -0.2) is 29.4 Å². The molecule has 1 saturated heterocycles. The Bertz CT molecular complexity index is 225. The van der Waals surface area contributed by atoms with Crippen LogP contribution in [0, 0.1) is 0 Å². The van der Waals surface area contributed by atoms with Gasteiger partial charge in [0.25, 0.3) is 0 Å². The highest BCUT2D eigenvalue weighted by Gasteiger charge is 2.14. The molecular weight excluding hydrogens is 225 g/mol. The normalized spacial score (nSPS) is 16.6. The van der Waals surface area contributed by atoms with E-state index in [-0.39, 0.29) is 24.8 Å². The molecule has 1 aliphatic rings. The minimum Gasteiger partial charge on any atom is -0.487 e. The maximum Gasteiger partial charge on any atom is 0.157 e. The average Bonchev–Trinajstić information content (AvgIpc) is 2.59. The summed E-state index contributed by atoms with van der Waals surface area (Å²) in [6.07, 6.45) is 6.03. The molecule has 1 fully saturated rings. The molecule has 0 aromatic carbocycles. The van der Waals surface area contributed by atoms with Crippen LogP contribution in [-0.2, 0) is 0 Å². The number of ether oxygens (including phenoxy) is 1. The highest BCUT2D eigenvalue weighted by molar-refractivity contribution is 5.85. The van der Waals surface area contributed by atoms with Crippen molar-refractivity contribution in [3.63, 3.8) is 0 Å². The first-order valence-corrected chi connectivity index (χ1v) is 4.31. The third-order valence-corrected chi connectivity index (χ3v) is 2.06. The van der Waals surface area contributed by atoms with Crippen LogP contribution in [0.5, 0.6) is 5.75 Å². The standard InChI is InChI=1S/C8H13N3O.2ClH/c1-3-9-4-2-7(1)12-8-5-10-11-6-8;;/h5-7,9H,1-4H2,(H,10,11);2*1H. The molecule has 2 heterocycles. The van der Waals surface area contributed by atoms with Crippen LogP contribution in [0.3, 0.4) is 0 Å². The fraction of sp³-hybridized carbons (Fsp3) is 0.625. The van der Waals surface area contributed by atoms with E-state index in [1.807, 2.05) is 0 Å². The molecule has 4 nitrogen and oxygen atoms in total. The van der Waals surface area contributed by atoms with Gasteiger partial charge in [-0.25, -0.2) is 0 Å². The summed E-state index contributed by atoms with van der Waals surface area (Å²) in [7, 11) is 0. The molecule has 14 heavy (non-hydrogen) atoms. The Hall–Kier alpha value is -0.450. The first-order chi connectivity index (χ1) is 5.95. The number of halogens is 2. The second kappa shape index (κ2) is 6.92. The van der Waals surface area contributed by atoms with Crippen molar-refractivity contribution in [3.05, 3.63) is 12.4 Å². The predicted molar refractivity (Wildman–Crippen MR) is 59.6 cm³/mol. The van der Waals surface area contributed by atoms with Crippen molar-refractivity contribution in [2.24, 2.45) is 0 Å². The summed E-state index contributed by atoms with van der Waals surface area (Å²) in [5.41, 5.74) is 0. The van der Waals surface area contributed by atoms with E-state index in [4.69, 9.17) is 4.74 Å². The molecule has 0 atom stereocenters. The zero-order valence-corrected chi connectivity index (χ0v) is 9.37. The lowest BCUT2D eigenvalue weighted by Gasteiger charge is -2.22. The summed E-state index contributed by atoms with van der Waals surface area (Å²) in [5, 5.41) is 9.84. The largest absolute Gasteiger partial charge is 0.487 e. The van der Waals surface area contributed by atoms with E-state index in [0.717, 1.165) is 31.7 Å². The molecule has 1 aliphatic heterocycles. The minimum absolute atomic E-state index is 0. The number of nitrogens with one attached hydrogen (secondary N) is 2. The van der Waals surface area contributed by atoms with Gasteiger partial charge in [0.15, 0.2) is 5.75 Å². The molecular formula is C8H15Cl2N3O. The van der Waals surface area contributed by atoms with E-state index in [2.05, 4.69) is 15.5 Å². The summed E-state index contributed by atoms with van der Waals surface area (Å²) in [6.45, 7) is 2.12. The Morgan fingerprint density at radius 2 is 2.00 bits per heavy atom. The Morgan fingerprint density at radius 3 is 2.57 bits per heavy atom. The van der Waals surface area contributed by atoms with Gasteiger partial charge in [0.2, 0.25) is 0 Å². The van der Waals surface area contributed by atoms with Crippen LogP contribution in [0.1, 0.15) is 12.8 Å². The monoisotopic (exact) mass is 239 g/mol. The second-order valence-electron chi connectivity index (χ2n) is 3.00. The molecule has 0 radical (unpaired) electrons. The molecule has 2 rings (SSSR count). The molecule has 0 spiro atoms. The van der Waals surface area contributed by atoms with Gasteiger partial charge in [0.05, 0.1) is 12.4 Å². The fourth-order valence-electron chi connectivity index (χ4n) is 1.41. The number of aromatic amines is 1. The van der Waals surface area contributed by atoms with Crippen molar-refractivity contribution in [2.45, 2.75) is 18.9 Å². The van der Waals surface area contributed by atoms with Gasteiger partial charge in [-0.2, -0.15) is 5.10 Å². The fourth-order valence-corrected chi connectivity index (χ4v) is 1.41. The van der Waals surface area contributed by atoms with Crippen LogP contribution < -0.4 is 10.1 Å². The van der Waals surface area contributed by atoms with Gasteiger partial charge in [-0.05, 0) is 25.9 Å². The number of piperidine rings is 1. The lowest BCUT2D eigenvalue weighted by molar-refractivity contribution is 0.162. The van der Waals surface area contributed by atoms with E-state index in [9.17, 15) is 0 Å². The lowest BCUT2D eigenvalue weighted by Crippen LogP contribution is -2.34. The second-order valence-corrected chi connectivity index (χ2v) is 3.00. The summed E-state index contributed by atoms with van der Waals surface area (Å²) in [5.74, 6) is 0.849. The zero-order chi connectivity index (χ0) is 8.23. The minimum atomic E-state index is 0. The van der Waals surface area contributed by atoms with Crippen LogP contribution in [0.2, 0.25) is 0 Å². The molecule has 6 heteroatoms. The highest BCUT2D eigenvalue weighted by Crippen LogP contribution is 2.13. The van der Waals surface area contributed by atoms with E-state index in [1.165, 1.54) is 0 Å². The molecule has 0 unspecified atom stereocenters.